The van der Waals surface area contributed by atoms with Gasteiger partial charge < -0.3 is 10.1 Å². The number of sulfonamides is 1. The van der Waals surface area contributed by atoms with Crippen LogP contribution in [0.2, 0.25) is 10.0 Å². The standard InChI is InChI=1S/C22H17Cl2N3O4S/c1-31-17-8-6-16(7-9-17)27(32(29,30)18-10-11-19(23)20(24)12-18)14-22(28)26-21-5-3-2-4-15(21)13-25/h2-12H,14H2,1H3,(H,26,28). The number of nitrogens with one attached hydrogen (secondary N) is 1. The van der Waals surface area contributed by atoms with Crippen LogP contribution in [-0.4, -0.2) is 28.0 Å². The number of anilines is 2. The highest BCUT2D eigenvalue weighted by Crippen LogP contribution is 2.30. The van der Waals surface area contributed by atoms with Gasteiger partial charge in [0.25, 0.3) is 10.0 Å². The SMILES string of the molecule is COc1ccc(N(CC(=O)Nc2ccccc2C#N)S(=O)(=O)c2ccc(Cl)c(Cl)c2)cc1. The molecule has 7 nitrogen and oxygen atoms in total. The quantitative estimate of drug-likeness (QED) is 0.517. The van der Waals surface area contributed by atoms with E-state index in [0.29, 0.717) is 5.75 Å². The molecule has 164 valence electrons. The highest BCUT2D eigenvalue weighted by Gasteiger charge is 2.28. The first kappa shape index (κ1) is 23.4. The van der Waals surface area contributed by atoms with Crippen LogP contribution in [-0.2, 0) is 14.8 Å². The molecule has 3 rings (SSSR count). The summed E-state index contributed by atoms with van der Waals surface area (Å²) in [6, 6.07) is 18.5. The fourth-order valence-corrected chi connectivity index (χ4v) is 4.65. The largest absolute Gasteiger partial charge is 0.497 e. The van der Waals surface area contributed by atoms with Gasteiger partial charge in [-0.1, -0.05) is 35.3 Å². The van der Waals surface area contributed by atoms with E-state index in [-0.39, 0.29) is 31.9 Å². The molecule has 0 spiro atoms. The van der Waals surface area contributed by atoms with Gasteiger partial charge in [-0.05, 0) is 54.6 Å². The zero-order valence-electron chi connectivity index (χ0n) is 16.7. The van der Waals surface area contributed by atoms with Crippen molar-refractivity contribution in [1.29, 1.82) is 5.26 Å². The van der Waals surface area contributed by atoms with Gasteiger partial charge in [-0.25, -0.2) is 8.42 Å². The van der Waals surface area contributed by atoms with Crippen LogP contribution in [0.3, 0.4) is 0 Å². The van der Waals surface area contributed by atoms with E-state index in [1.165, 1.54) is 37.4 Å². The maximum Gasteiger partial charge on any atom is 0.264 e. The van der Waals surface area contributed by atoms with E-state index in [0.717, 1.165) is 4.31 Å². The van der Waals surface area contributed by atoms with E-state index in [1.807, 2.05) is 6.07 Å². The summed E-state index contributed by atoms with van der Waals surface area (Å²) in [4.78, 5) is 12.7. The van der Waals surface area contributed by atoms with Crippen molar-refractivity contribution < 1.29 is 17.9 Å². The van der Waals surface area contributed by atoms with Crippen LogP contribution >= 0.6 is 23.2 Å². The molecule has 0 unspecified atom stereocenters. The molecule has 0 aromatic heterocycles. The minimum absolute atomic E-state index is 0.0646. The number of rotatable bonds is 7. The highest BCUT2D eigenvalue weighted by molar-refractivity contribution is 7.92. The molecule has 0 saturated carbocycles. The number of amides is 1. The topological polar surface area (TPSA) is 99.5 Å². The minimum atomic E-state index is -4.19. The maximum absolute atomic E-state index is 13.4. The van der Waals surface area contributed by atoms with Gasteiger partial charge >= 0.3 is 0 Å². The van der Waals surface area contributed by atoms with E-state index >= 15 is 0 Å². The summed E-state index contributed by atoms with van der Waals surface area (Å²) in [6.07, 6.45) is 0. The Hall–Kier alpha value is -3.25. The third-order valence-electron chi connectivity index (χ3n) is 4.45. The van der Waals surface area contributed by atoms with Crippen LogP contribution in [0.4, 0.5) is 11.4 Å². The van der Waals surface area contributed by atoms with E-state index in [9.17, 15) is 18.5 Å². The molecule has 0 atom stereocenters. The fourth-order valence-electron chi connectivity index (χ4n) is 2.84. The Labute approximate surface area is 195 Å². The Morgan fingerprint density at radius 1 is 1.06 bits per heavy atom. The van der Waals surface area contributed by atoms with Crippen molar-refractivity contribution in [1.82, 2.24) is 0 Å². The maximum atomic E-state index is 13.4. The van der Waals surface area contributed by atoms with Crippen LogP contribution in [0.25, 0.3) is 0 Å². The van der Waals surface area contributed by atoms with Gasteiger partial charge in [0.05, 0.1) is 39.0 Å². The van der Waals surface area contributed by atoms with E-state index in [4.69, 9.17) is 27.9 Å². The van der Waals surface area contributed by atoms with Crippen molar-refractivity contribution in [3.05, 3.63) is 82.3 Å². The van der Waals surface area contributed by atoms with Crippen molar-refractivity contribution in [2.24, 2.45) is 0 Å². The van der Waals surface area contributed by atoms with E-state index in [2.05, 4.69) is 5.32 Å². The van der Waals surface area contributed by atoms with E-state index in [1.54, 1.807) is 36.4 Å². The third-order valence-corrected chi connectivity index (χ3v) is 6.96. The number of nitriles is 1. The van der Waals surface area contributed by atoms with Crippen molar-refractivity contribution in [2.45, 2.75) is 4.90 Å². The molecule has 0 heterocycles. The molecule has 0 fully saturated rings. The lowest BCUT2D eigenvalue weighted by molar-refractivity contribution is -0.114. The lowest BCUT2D eigenvalue weighted by Gasteiger charge is -2.24. The molecule has 1 amide bonds. The Balaban J connectivity index is 1.99. The predicted molar refractivity (Wildman–Crippen MR) is 124 cm³/mol. The van der Waals surface area contributed by atoms with Gasteiger partial charge in [-0.2, -0.15) is 5.26 Å². The summed E-state index contributed by atoms with van der Waals surface area (Å²) >= 11 is 11.9. The summed E-state index contributed by atoms with van der Waals surface area (Å²) in [6.45, 7) is -0.547. The lowest BCUT2D eigenvalue weighted by atomic mass is 10.2. The second-order valence-corrected chi connectivity index (χ2v) is 9.17. The number of benzene rings is 3. The van der Waals surface area contributed by atoms with Crippen molar-refractivity contribution in [2.75, 3.05) is 23.3 Å². The Kier molecular flexibility index (Phi) is 7.26. The first-order chi connectivity index (χ1) is 15.3. The number of carbonyl (C=O) groups is 1. The molecule has 32 heavy (non-hydrogen) atoms. The summed E-state index contributed by atoms with van der Waals surface area (Å²) in [7, 11) is -2.71. The van der Waals surface area contributed by atoms with Crippen LogP contribution in [0, 0.1) is 11.3 Å². The Morgan fingerprint density at radius 3 is 2.38 bits per heavy atom. The van der Waals surface area contributed by atoms with Gasteiger partial charge in [0.15, 0.2) is 0 Å². The Bertz CT molecular complexity index is 1290. The second kappa shape index (κ2) is 9.92. The number of carbonyl (C=O) groups excluding carboxylic acids is 1. The van der Waals surface area contributed by atoms with Crippen molar-refractivity contribution in [3.8, 4) is 11.8 Å². The molecule has 0 bridgehead atoms. The molecule has 1 N–H and O–H groups in total. The van der Waals surface area contributed by atoms with Gasteiger partial charge in [0.1, 0.15) is 18.4 Å². The number of ether oxygens (including phenoxy) is 1. The molecule has 3 aromatic rings. The molecular weight excluding hydrogens is 473 g/mol. The second-order valence-electron chi connectivity index (χ2n) is 6.49. The number of halogens is 2. The van der Waals surface area contributed by atoms with Crippen LogP contribution in [0.15, 0.2) is 71.6 Å². The number of nitrogens with zero attached hydrogens (tertiary/aromatic N) is 2. The summed E-state index contributed by atoms with van der Waals surface area (Å²) < 4.78 is 32.9. The van der Waals surface area contributed by atoms with Crippen LogP contribution < -0.4 is 14.4 Å². The fraction of sp³-hybridized carbons (Fsp3) is 0.0909. The van der Waals surface area contributed by atoms with Gasteiger partial charge in [-0.3, -0.25) is 9.10 Å². The average molecular weight is 490 g/mol. The first-order valence-electron chi connectivity index (χ1n) is 9.17. The molecule has 10 heteroatoms. The number of hydrogen-bond donors (Lipinski definition) is 1. The minimum Gasteiger partial charge on any atom is -0.497 e. The molecule has 0 aliphatic rings. The molecule has 0 aliphatic carbocycles. The molecule has 3 aromatic carbocycles. The smallest absolute Gasteiger partial charge is 0.264 e. The van der Waals surface area contributed by atoms with Crippen molar-refractivity contribution >= 4 is 50.5 Å². The van der Waals surface area contributed by atoms with Gasteiger partial charge in [0, 0.05) is 0 Å². The zero-order valence-corrected chi connectivity index (χ0v) is 19.1. The number of hydrogen-bond acceptors (Lipinski definition) is 5. The highest BCUT2D eigenvalue weighted by atomic mass is 35.5. The summed E-state index contributed by atoms with van der Waals surface area (Å²) in [5.41, 5.74) is 0.770. The predicted octanol–water partition coefficient (Wildman–Crippen LogP) is 4.71. The molecular formula is C22H17Cl2N3O4S. The monoisotopic (exact) mass is 489 g/mol. The first-order valence-corrected chi connectivity index (χ1v) is 11.4. The normalized spacial score (nSPS) is 10.8. The van der Waals surface area contributed by atoms with Gasteiger partial charge in [0.2, 0.25) is 5.91 Å². The van der Waals surface area contributed by atoms with Gasteiger partial charge in [-0.15, -0.1) is 0 Å². The van der Waals surface area contributed by atoms with E-state index < -0.39 is 22.5 Å². The number of para-hydroxylation sites is 1. The number of methoxy groups -OCH3 is 1. The van der Waals surface area contributed by atoms with Crippen molar-refractivity contribution in [3.63, 3.8) is 0 Å². The summed E-state index contributed by atoms with van der Waals surface area (Å²) in [5.74, 6) is -0.111. The summed E-state index contributed by atoms with van der Waals surface area (Å²) in [5, 5.41) is 12.1. The van der Waals surface area contributed by atoms with Crippen LogP contribution in [0.1, 0.15) is 5.56 Å². The molecule has 0 aliphatic heterocycles. The Morgan fingerprint density at radius 2 is 1.75 bits per heavy atom. The molecule has 0 saturated heterocycles. The lowest BCUT2D eigenvalue weighted by Crippen LogP contribution is -2.38. The average Bonchev–Trinajstić information content (AvgIpc) is 2.79. The van der Waals surface area contributed by atoms with Crippen LogP contribution in [0.5, 0.6) is 5.75 Å². The third kappa shape index (κ3) is 5.14. The zero-order chi connectivity index (χ0) is 23.3. The molecule has 0 radical (unpaired) electrons.